The number of nitrogens with zero attached hydrogens (tertiary/aromatic N) is 3. The summed E-state index contributed by atoms with van der Waals surface area (Å²) < 4.78 is 39.6. The molecule has 0 bridgehead atoms. The molecule has 2 rings (SSSR count). The molecule has 0 unspecified atom stereocenters. The van der Waals surface area contributed by atoms with Gasteiger partial charge in [0.05, 0.1) is 5.56 Å². The standard InChI is InChI=1S/C16H19F3N4OS/c1-11-10-23(13-6-4-12(5-7-13)16(17,18)19)15(25-11)21-14(24)20-8-9-22(2)3/h4-7,10H,8-9H2,1-3H3,(H,20,24)/b21-15-. The van der Waals surface area contributed by atoms with Gasteiger partial charge in [0.1, 0.15) is 0 Å². The van der Waals surface area contributed by atoms with Crippen molar-refractivity contribution in [2.75, 3.05) is 27.2 Å². The van der Waals surface area contributed by atoms with Crippen molar-refractivity contribution in [1.29, 1.82) is 0 Å². The van der Waals surface area contributed by atoms with Gasteiger partial charge in [-0.05, 0) is 45.3 Å². The molecular weight excluding hydrogens is 353 g/mol. The Hall–Kier alpha value is -2.13. The summed E-state index contributed by atoms with van der Waals surface area (Å²) in [6.45, 7) is 2.98. The number of alkyl halides is 3. The van der Waals surface area contributed by atoms with Crippen LogP contribution in [0.5, 0.6) is 0 Å². The lowest BCUT2D eigenvalue weighted by atomic mass is 10.2. The van der Waals surface area contributed by atoms with Crippen LogP contribution in [0.2, 0.25) is 0 Å². The Morgan fingerprint density at radius 2 is 1.92 bits per heavy atom. The summed E-state index contributed by atoms with van der Waals surface area (Å²) >= 11 is 1.29. The predicted octanol–water partition coefficient (Wildman–Crippen LogP) is 3.04. The third-order valence-corrected chi connectivity index (χ3v) is 4.17. The third kappa shape index (κ3) is 5.43. The fourth-order valence-electron chi connectivity index (χ4n) is 2.04. The normalized spacial score (nSPS) is 12.7. The van der Waals surface area contributed by atoms with Crippen molar-refractivity contribution in [1.82, 2.24) is 14.8 Å². The summed E-state index contributed by atoms with van der Waals surface area (Å²) in [5.74, 6) is 0. The zero-order chi connectivity index (χ0) is 18.6. The maximum Gasteiger partial charge on any atom is 0.416 e. The van der Waals surface area contributed by atoms with E-state index < -0.39 is 17.8 Å². The van der Waals surface area contributed by atoms with Gasteiger partial charge in [-0.2, -0.15) is 18.2 Å². The lowest BCUT2D eigenvalue weighted by molar-refractivity contribution is -0.137. The number of aromatic nitrogens is 1. The number of nitrogens with one attached hydrogen (secondary N) is 1. The zero-order valence-corrected chi connectivity index (χ0v) is 14.9. The maximum absolute atomic E-state index is 12.7. The first-order valence-corrected chi connectivity index (χ1v) is 8.32. The minimum atomic E-state index is -4.38. The van der Waals surface area contributed by atoms with E-state index in [1.54, 1.807) is 10.8 Å². The zero-order valence-electron chi connectivity index (χ0n) is 14.1. The fourth-order valence-corrected chi connectivity index (χ4v) is 2.87. The van der Waals surface area contributed by atoms with Gasteiger partial charge < -0.3 is 10.2 Å². The van der Waals surface area contributed by atoms with Crippen LogP contribution in [0.4, 0.5) is 18.0 Å². The summed E-state index contributed by atoms with van der Waals surface area (Å²) in [5.41, 5.74) is -0.207. The molecule has 1 N–H and O–H groups in total. The number of likely N-dealkylation sites (N-methyl/N-ethyl adjacent to an activating group) is 1. The molecule has 2 amide bonds. The number of thiazole rings is 1. The molecule has 1 aromatic carbocycles. The Morgan fingerprint density at radius 1 is 1.28 bits per heavy atom. The number of hydrogen-bond acceptors (Lipinski definition) is 3. The van der Waals surface area contributed by atoms with E-state index in [1.807, 2.05) is 25.9 Å². The van der Waals surface area contributed by atoms with E-state index in [0.717, 1.165) is 17.0 Å². The number of urea groups is 1. The predicted molar refractivity (Wildman–Crippen MR) is 90.9 cm³/mol. The average molecular weight is 372 g/mol. The smallest absolute Gasteiger partial charge is 0.335 e. The van der Waals surface area contributed by atoms with Crippen molar-refractivity contribution in [3.8, 4) is 5.69 Å². The number of aryl methyl sites for hydroxylation is 1. The van der Waals surface area contributed by atoms with Crippen molar-refractivity contribution in [2.24, 2.45) is 4.99 Å². The summed E-state index contributed by atoms with van der Waals surface area (Å²) in [4.78, 5) is 19.2. The highest BCUT2D eigenvalue weighted by molar-refractivity contribution is 7.09. The molecule has 0 aliphatic carbocycles. The highest BCUT2D eigenvalue weighted by Crippen LogP contribution is 2.29. The van der Waals surface area contributed by atoms with Crippen LogP contribution in [0.15, 0.2) is 35.5 Å². The monoisotopic (exact) mass is 372 g/mol. The van der Waals surface area contributed by atoms with Gasteiger partial charge in [0, 0.05) is 29.9 Å². The number of carbonyl (C=O) groups is 1. The molecule has 1 aromatic heterocycles. The quantitative estimate of drug-likeness (QED) is 0.897. The Labute approximate surface area is 147 Å². The highest BCUT2D eigenvalue weighted by Gasteiger charge is 2.30. The Morgan fingerprint density at radius 3 is 2.48 bits per heavy atom. The molecule has 136 valence electrons. The van der Waals surface area contributed by atoms with E-state index in [9.17, 15) is 18.0 Å². The Balaban J connectivity index is 2.25. The molecule has 0 spiro atoms. The summed E-state index contributed by atoms with van der Waals surface area (Å²) in [5, 5.41) is 2.68. The SMILES string of the molecule is Cc1cn(-c2ccc(C(F)(F)F)cc2)/c(=N/C(=O)NCCN(C)C)s1. The van der Waals surface area contributed by atoms with Gasteiger partial charge in [0.15, 0.2) is 4.80 Å². The minimum absolute atomic E-state index is 0.402. The lowest BCUT2D eigenvalue weighted by Gasteiger charge is -2.09. The van der Waals surface area contributed by atoms with Gasteiger partial charge in [0.2, 0.25) is 0 Å². The molecule has 5 nitrogen and oxygen atoms in total. The van der Waals surface area contributed by atoms with E-state index in [2.05, 4.69) is 10.3 Å². The average Bonchev–Trinajstić information content (AvgIpc) is 2.86. The molecule has 9 heteroatoms. The first kappa shape index (κ1) is 19.2. The molecular formula is C16H19F3N4OS. The lowest BCUT2D eigenvalue weighted by Crippen LogP contribution is -2.30. The molecule has 0 saturated heterocycles. The van der Waals surface area contributed by atoms with Crippen LogP contribution in [-0.2, 0) is 6.18 Å². The van der Waals surface area contributed by atoms with Crippen molar-refractivity contribution in [3.63, 3.8) is 0 Å². The number of halogens is 3. The largest absolute Gasteiger partial charge is 0.416 e. The number of hydrogen-bond donors (Lipinski definition) is 1. The number of rotatable bonds is 4. The van der Waals surface area contributed by atoms with Crippen LogP contribution in [0.25, 0.3) is 5.69 Å². The topological polar surface area (TPSA) is 49.6 Å². The molecule has 0 atom stereocenters. The van der Waals surface area contributed by atoms with Crippen molar-refractivity contribution >= 4 is 17.4 Å². The van der Waals surface area contributed by atoms with Crippen molar-refractivity contribution in [2.45, 2.75) is 13.1 Å². The second-order valence-electron chi connectivity index (χ2n) is 5.69. The first-order chi connectivity index (χ1) is 11.7. The second-order valence-corrected chi connectivity index (χ2v) is 6.90. The van der Waals surface area contributed by atoms with Crippen molar-refractivity contribution < 1.29 is 18.0 Å². The summed E-state index contributed by atoms with van der Waals surface area (Å²) in [6.07, 6.45) is -2.65. The second kappa shape index (κ2) is 7.83. The summed E-state index contributed by atoms with van der Waals surface area (Å²) in [7, 11) is 3.79. The van der Waals surface area contributed by atoms with E-state index in [1.165, 1.54) is 23.5 Å². The molecule has 0 saturated carbocycles. The molecule has 25 heavy (non-hydrogen) atoms. The minimum Gasteiger partial charge on any atom is -0.335 e. The van der Waals surface area contributed by atoms with E-state index >= 15 is 0 Å². The van der Waals surface area contributed by atoms with Crippen LogP contribution < -0.4 is 10.1 Å². The number of carbonyl (C=O) groups excluding carboxylic acids is 1. The summed E-state index contributed by atoms with van der Waals surface area (Å²) in [6, 6.07) is 4.26. The van der Waals surface area contributed by atoms with Gasteiger partial charge in [-0.1, -0.05) is 0 Å². The third-order valence-electron chi connectivity index (χ3n) is 3.27. The maximum atomic E-state index is 12.7. The Kier molecular flexibility index (Phi) is 6.02. The van der Waals surface area contributed by atoms with Crippen LogP contribution >= 0.6 is 11.3 Å². The number of benzene rings is 1. The van der Waals surface area contributed by atoms with Crippen LogP contribution in [0.3, 0.4) is 0 Å². The molecule has 0 radical (unpaired) electrons. The molecule has 0 aliphatic heterocycles. The van der Waals surface area contributed by atoms with E-state index in [4.69, 9.17) is 0 Å². The van der Waals surface area contributed by atoms with Gasteiger partial charge >= 0.3 is 12.2 Å². The highest BCUT2D eigenvalue weighted by atomic mass is 32.1. The van der Waals surface area contributed by atoms with E-state index in [-0.39, 0.29) is 0 Å². The van der Waals surface area contributed by atoms with Gasteiger partial charge in [-0.3, -0.25) is 4.57 Å². The number of amides is 2. The molecule has 0 fully saturated rings. The van der Waals surface area contributed by atoms with Gasteiger partial charge in [-0.15, -0.1) is 11.3 Å². The van der Waals surface area contributed by atoms with Gasteiger partial charge in [-0.25, -0.2) is 4.79 Å². The van der Waals surface area contributed by atoms with Crippen LogP contribution in [0, 0.1) is 6.92 Å². The first-order valence-electron chi connectivity index (χ1n) is 7.51. The molecule has 0 aliphatic rings. The van der Waals surface area contributed by atoms with Crippen molar-refractivity contribution in [3.05, 3.63) is 45.7 Å². The van der Waals surface area contributed by atoms with Crippen LogP contribution in [0.1, 0.15) is 10.4 Å². The fraction of sp³-hybridized carbons (Fsp3) is 0.375. The Bertz CT molecular complexity index is 791. The molecule has 2 aromatic rings. The van der Waals surface area contributed by atoms with E-state index in [0.29, 0.717) is 23.6 Å². The van der Waals surface area contributed by atoms with Gasteiger partial charge in [0.25, 0.3) is 0 Å². The van der Waals surface area contributed by atoms with Crippen LogP contribution in [-0.4, -0.2) is 42.7 Å². The molecule has 1 heterocycles.